The van der Waals surface area contributed by atoms with E-state index in [4.69, 9.17) is 15.7 Å². The van der Waals surface area contributed by atoms with E-state index in [1.54, 1.807) is 13.3 Å². The first-order valence-electron chi connectivity index (χ1n) is 6.48. The first-order chi connectivity index (χ1) is 10.2. The Balaban J connectivity index is 2.11. The molecule has 0 radical (unpaired) electrons. The summed E-state index contributed by atoms with van der Waals surface area (Å²) in [6.45, 7) is 1.09. The molecule has 2 rings (SSSR count). The molecular weight excluding hydrogens is 268 g/mol. The van der Waals surface area contributed by atoms with Crippen LogP contribution in [0, 0.1) is 0 Å². The van der Waals surface area contributed by atoms with Crippen LogP contribution in [0.25, 0.3) is 0 Å². The predicted octanol–water partition coefficient (Wildman–Crippen LogP) is 1.93. The number of nitrogens with zero attached hydrogens (tertiary/aromatic N) is 2. The monoisotopic (exact) mass is 286 g/mol. The maximum atomic E-state index is 8.78. The van der Waals surface area contributed by atoms with Gasteiger partial charge in [-0.1, -0.05) is 23.4 Å². The number of benzene rings is 1. The Morgan fingerprint density at radius 3 is 3.00 bits per heavy atom. The first kappa shape index (κ1) is 14.8. The molecule has 0 fully saturated rings. The van der Waals surface area contributed by atoms with Crippen LogP contribution in [-0.2, 0) is 17.9 Å². The summed E-state index contributed by atoms with van der Waals surface area (Å²) in [6.07, 6.45) is 1.61. The maximum Gasteiger partial charge on any atom is 0.189 e. The summed E-state index contributed by atoms with van der Waals surface area (Å²) < 4.78 is 5.11. The van der Waals surface area contributed by atoms with Crippen molar-refractivity contribution in [2.75, 3.05) is 12.4 Å². The Bertz CT molecular complexity index is 629. The number of hydrogen-bond donors (Lipinski definition) is 3. The average Bonchev–Trinajstić information content (AvgIpc) is 2.53. The Kier molecular flexibility index (Phi) is 5.11. The third-order valence-electron chi connectivity index (χ3n) is 2.96. The van der Waals surface area contributed by atoms with Crippen LogP contribution >= 0.6 is 0 Å². The Morgan fingerprint density at radius 2 is 2.24 bits per heavy atom. The zero-order valence-corrected chi connectivity index (χ0v) is 11.8. The average molecular weight is 286 g/mol. The van der Waals surface area contributed by atoms with E-state index in [2.05, 4.69) is 15.5 Å². The summed E-state index contributed by atoms with van der Waals surface area (Å²) in [5.41, 5.74) is 9.00. The quantitative estimate of drug-likeness (QED) is 0.326. The summed E-state index contributed by atoms with van der Waals surface area (Å²) in [5.74, 6) is 0.000494. The van der Waals surface area contributed by atoms with Crippen LogP contribution < -0.4 is 11.1 Å². The molecule has 0 aliphatic rings. The summed E-state index contributed by atoms with van der Waals surface area (Å²) in [5, 5.41) is 15.1. The van der Waals surface area contributed by atoms with Crippen LogP contribution in [-0.4, -0.2) is 23.1 Å². The minimum atomic E-state index is 0.000494. The Morgan fingerprint density at radius 1 is 1.38 bits per heavy atom. The lowest BCUT2D eigenvalue weighted by Crippen LogP contribution is -2.18. The van der Waals surface area contributed by atoms with Gasteiger partial charge in [0.25, 0.3) is 0 Å². The highest BCUT2D eigenvalue weighted by Crippen LogP contribution is 2.14. The third-order valence-corrected chi connectivity index (χ3v) is 2.96. The number of hydrogen-bond acceptors (Lipinski definition) is 5. The number of nitrogens with one attached hydrogen (secondary N) is 1. The number of methoxy groups -OCH3 is 1. The van der Waals surface area contributed by atoms with Gasteiger partial charge in [0, 0.05) is 31.1 Å². The van der Waals surface area contributed by atoms with Crippen LogP contribution in [0.15, 0.2) is 47.8 Å². The Hall–Kier alpha value is -2.60. The van der Waals surface area contributed by atoms with Crippen LogP contribution in [0.2, 0.25) is 0 Å². The van der Waals surface area contributed by atoms with Gasteiger partial charge in [0.1, 0.15) is 5.69 Å². The zero-order chi connectivity index (χ0) is 15.1. The maximum absolute atomic E-state index is 8.78. The van der Waals surface area contributed by atoms with Gasteiger partial charge in [0.2, 0.25) is 0 Å². The fourth-order valence-electron chi connectivity index (χ4n) is 1.99. The molecule has 1 heterocycles. The number of aromatic nitrogens is 1. The van der Waals surface area contributed by atoms with Gasteiger partial charge >= 0.3 is 0 Å². The zero-order valence-electron chi connectivity index (χ0n) is 11.8. The molecule has 0 saturated carbocycles. The van der Waals surface area contributed by atoms with Gasteiger partial charge in [-0.05, 0) is 23.8 Å². The summed E-state index contributed by atoms with van der Waals surface area (Å²) in [7, 11) is 1.67. The molecule has 1 aromatic heterocycles. The van der Waals surface area contributed by atoms with Gasteiger partial charge in [-0.3, -0.25) is 4.98 Å². The van der Waals surface area contributed by atoms with Crippen molar-refractivity contribution in [3.05, 3.63) is 59.4 Å². The number of rotatable bonds is 6. The molecule has 6 nitrogen and oxygen atoms in total. The molecule has 2 aromatic rings. The van der Waals surface area contributed by atoms with E-state index >= 15 is 0 Å². The van der Waals surface area contributed by atoms with E-state index in [1.165, 1.54) is 0 Å². The topological polar surface area (TPSA) is 92.8 Å². The van der Waals surface area contributed by atoms with Crippen molar-refractivity contribution < 1.29 is 9.94 Å². The number of ether oxygens (including phenoxy) is 1. The summed E-state index contributed by atoms with van der Waals surface area (Å²) in [6, 6.07) is 11.6. The van der Waals surface area contributed by atoms with Crippen LogP contribution in [0.4, 0.5) is 5.69 Å². The molecule has 6 heteroatoms. The highest BCUT2D eigenvalue weighted by molar-refractivity contribution is 5.96. The van der Waals surface area contributed by atoms with Crippen molar-refractivity contribution in [1.82, 2.24) is 4.98 Å². The number of anilines is 1. The molecule has 0 amide bonds. The molecule has 0 spiro atoms. The normalized spacial score (nSPS) is 11.4. The largest absolute Gasteiger partial charge is 0.409 e. The second-order valence-electron chi connectivity index (χ2n) is 4.48. The fraction of sp³-hybridized carbons (Fsp3) is 0.200. The van der Waals surface area contributed by atoms with Gasteiger partial charge in [-0.15, -0.1) is 0 Å². The van der Waals surface area contributed by atoms with Gasteiger partial charge in [-0.25, -0.2) is 0 Å². The molecule has 4 N–H and O–H groups in total. The van der Waals surface area contributed by atoms with E-state index in [0.29, 0.717) is 18.8 Å². The van der Waals surface area contributed by atoms with Crippen molar-refractivity contribution in [3.8, 4) is 0 Å². The molecule has 1 aromatic carbocycles. The van der Waals surface area contributed by atoms with Crippen molar-refractivity contribution in [2.45, 2.75) is 13.2 Å². The fourth-order valence-corrected chi connectivity index (χ4v) is 1.99. The number of oxime groups is 1. The van der Waals surface area contributed by atoms with Gasteiger partial charge in [0.15, 0.2) is 5.84 Å². The lowest BCUT2D eigenvalue weighted by atomic mass is 10.1. The van der Waals surface area contributed by atoms with E-state index in [9.17, 15) is 0 Å². The van der Waals surface area contributed by atoms with Crippen molar-refractivity contribution >= 4 is 11.5 Å². The number of amidine groups is 1. The lowest BCUT2D eigenvalue weighted by Gasteiger charge is -2.10. The molecule has 0 atom stereocenters. The summed E-state index contributed by atoms with van der Waals surface area (Å²) in [4.78, 5) is 4.13. The van der Waals surface area contributed by atoms with Crippen molar-refractivity contribution in [3.63, 3.8) is 0 Å². The SMILES string of the molecule is COCc1cccc(NCc2cccnc2C(N)=NO)c1. The summed E-state index contributed by atoms with van der Waals surface area (Å²) >= 11 is 0. The van der Waals surface area contributed by atoms with Gasteiger partial charge < -0.3 is 21.0 Å². The van der Waals surface area contributed by atoms with Crippen molar-refractivity contribution in [2.24, 2.45) is 10.9 Å². The molecule has 0 aliphatic heterocycles. The second kappa shape index (κ2) is 7.25. The number of pyridine rings is 1. The molecule has 21 heavy (non-hydrogen) atoms. The Labute approximate surface area is 123 Å². The van der Waals surface area contributed by atoms with Crippen LogP contribution in [0.1, 0.15) is 16.8 Å². The van der Waals surface area contributed by atoms with Gasteiger partial charge in [0.05, 0.1) is 6.61 Å². The number of nitrogens with two attached hydrogens (primary N) is 1. The van der Waals surface area contributed by atoms with E-state index < -0.39 is 0 Å². The van der Waals surface area contributed by atoms with E-state index in [-0.39, 0.29) is 5.84 Å². The molecule has 0 saturated heterocycles. The first-order valence-corrected chi connectivity index (χ1v) is 6.48. The van der Waals surface area contributed by atoms with Gasteiger partial charge in [-0.2, -0.15) is 0 Å². The highest BCUT2D eigenvalue weighted by atomic mass is 16.5. The van der Waals surface area contributed by atoms with E-state index in [1.807, 2.05) is 36.4 Å². The third kappa shape index (κ3) is 3.93. The minimum Gasteiger partial charge on any atom is -0.409 e. The highest BCUT2D eigenvalue weighted by Gasteiger charge is 2.07. The molecule has 0 aliphatic carbocycles. The predicted molar refractivity (Wildman–Crippen MR) is 81.2 cm³/mol. The molecule has 110 valence electrons. The smallest absolute Gasteiger partial charge is 0.189 e. The second-order valence-corrected chi connectivity index (χ2v) is 4.48. The molecular formula is C15H18N4O2. The van der Waals surface area contributed by atoms with Crippen molar-refractivity contribution in [1.29, 1.82) is 0 Å². The van der Waals surface area contributed by atoms with E-state index in [0.717, 1.165) is 16.8 Å². The molecule has 0 bridgehead atoms. The minimum absolute atomic E-state index is 0.000494. The lowest BCUT2D eigenvalue weighted by molar-refractivity contribution is 0.185. The van der Waals surface area contributed by atoms with Crippen LogP contribution in [0.5, 0.6) is 0 Å². The standard InChI is InChI=1S/C15H18N4O2/c1-21-10-11-4-2-6-13(8-11)18-9-12-5-3-7-17-14(12)15(16)19-20/h2-8,18,20H,9-10H2,1H3,(H2,16,19). The van der Waals surface area contributed by atoms with Crippen LogP contribution in [0.3, 0.4) is 0 Å². The molecule has 0 unspecified atom stereocenters.